The zero-order valence-corrected chi connectivity index (χ0v) is 15.2. The van der Waals surface area contributed by atoms with E-state index in [9.17, 15) is 10.2 Å². The molecule has 0 saturated heterocycles. The van der Waals surface area contributed by atoms with E-state index in [1.807, 2.05) is 19.9 Å². The van der Waals surface area contributed by atoms with E-state index in [4.69, 9.17) is 0 Å². The Hall–Kier alpha value is -0.340. The molecule has 2 saturated carbocycles. The highest BCUT2D eigenvalue weighted by Gasteiger charge is 2.60. The van der Waals surface area contributed by atoms with Gasteiger partial charge in [-0.25, -0.2) is 0 Å². The quantitative estimate of drug-likeness (QED) is 0.748. The summed E-state index contributed by atoms with van der Waals surface area (Å²) in [5.41, 5.74) is -0.219. The molecule has 0 heterocycles. The molecule has 2 aliphatic carbocycles. The van der Waals surface area contributed by atoms with Crippen molar-refractivity contribution in [2.24, 2.45) is 28.6 Å². The summed E-state index contributed by atoms with van der Waals surface area (Å²) >= 11 is 0. The fourth-order valence-electron chi connectivity index (χ4n) is 5.95. The zero-order chi connectivity index (χ0) is 16.8. The maximum absolute atomic E-state index is 11.3. The van der Waals surface area contributed by atoms with E-state index in [-0.39, 0.29) is 23.4 Å². The van der Waals surface area contributed by atoms with Gasteiger partial charge in [-0.2, -0.15) is 0 Å². The van der Waals surface area contributed by atoms with Gasteiger partial charge in [-0.15, -0.1) is 6.58 Å². The topological polar surface area (TPSA) is 40.5 Å². The van der Waals surface area contributed by atoms with Gasteiger partial charge < -0.3 is 10.2 Å². The summed E-state index contributed by atoms with van der Waals surface area (Å²) in [6.07, 6.45) is 8.13. The van der Waals surface area contributed by atoms with Gasteiger partial charge in [-0.3, -0.25) is 0 Å². The van der Waals surface area contributed by atoms with Crippen LogP contribution in [0.15, 0.2) is 12.7 Å². The number of hydrogen-bond acceptors (Lipinski definition) is 2. The third-order valence-electron chi connectivity index (χ3n) is 7.18. The normalized spacial score (nSPS) is 45.9. The molecule has 0 radical (unpaired) electrons. The predicted octanol–water partition coefficient (Wildman–Crippen LogP) is 4.55. The fraction of sp³-hybridized carbons (Fsp3) is 0.900. The van der Waals surface area contributed by atoms with Gasteiger partial charge in [0.1, 0.15) is 0 Å². The van der Waals surface area contributed by atoms with Crippen molar-refractivity contribution in [2.45, 2.75) is 84.8 Å². The van der Waals surface area contributed by atoms with E-state index in [0.717, 1.165) is 19.3 Å². The zero-order valence-electron chi connectivity index (χ0n) is 15.2. The summed E-state index contributed by atoms with van der Waals surface area (Å²) in [4.78, 5) is 0. The Morgan fingerprint density at radius 3 is 2.41 bits per heavy atom. The van der Waals surface area contributed by atoms with Crippen molar-refractivity contribution < 1.29 is 10.2 Å². The van der Waals surface area contributed by atoms with Crippen LogP contribution in [0.1, 0.15) is 73.1 Å². The van der Waals surface area contributed by atoms with Crippen LogP contribution in [-0.4, -0.2) is 21.9 Å². The molecule has 0 aromatic heterocycles. The van der Waals surface area contributed by atoms with Crippen molar-refractivity contribution in [3.05, 3.63) is 12.7 Å². The summed E-state index contributed by atoms with van der Waals surface area (Å²) in [6.45, 7) is 15.1. The van der Waals surface area contributed by atoms with E-state index < -0.39 is 5.60 Å². The fourth-order valence-corrected chi connectivity index (χ4v) is 5.95. The summed E-state index contributed by atoms with van der Waals surface area (Å²) < 4.78 is 0. The molecule has 6 atom stereocenters. The van der Waals surface area contributed by atoms with Crippen LogP contribution < -0.4 is 0 Å². The highest BCUT2D eigenvalue weighted by Crippen LogP contribution is 2.64. The molecule has 0 bridgehead atoms. The molecule has 0 amide bonds. The first kappa shape index (κ1) is 18.0. The molecule has 22 heavy (non-hydrogen) atoms. The van der Waals surface area contributed by atoms with E-state index in [2.05, 4.69) is 27.4 Å². The average molecular weight is 309 g/mol. The van der Waals surface area contributed by atoms with Crippen molar-refractivity contribution >= 4 is 0 Å². The lowest BCUT2D eigenvalue weighted by Crippen LogP contribution is -2.61. The van der Waals surface area contributed by atoms with Gasteiger partial charge in [-0.05, 0) is 68.6 Å². The van der Waals surface area contributed by atoms with Crippen LogP contribution >= 0.6 is 0 Å². The van der Waals surface area contributed by atoms with Gasteiger partial charge in [0.25, 0.3) is 0 Å². The van der Waals surface area contributed by atoms with Gasteiger partial charge in [0.2, 0.25) is 0 Å². The van der Waals surface area contributed by atoms with Crippen molar-refractivity contribution in [3.8, 4) is 0 Å². The SMILES string of the molecule is C=CC1CC2C(C)(C)CCCC2(C)C(CCC(C)O)C1(C)O. The molecule has 2 nitrogen and oxygen atoms in total. The molecule has 2 N–H and O–H groups in total. The number of aliphatic hydroxyl groups is 2. The molecule has 0 aromatic carbocycles. The molecule has 128 valence electrons. The Kier molecular flexibility index (Phi) is 4.86. The first-order valence-electron chi connectivity index (χ1n) is 9.08. The number of rotatable bonds is 4. The number of hydrogen-bond donors (Lipinski definition) is 2. The van der Waals surface area contributed by atoms with Crippen LogP contribution in [0.2, 0.25) is 0 Å². The molecule has 2 fully saturated rings. The standard InChI is InChI=1S/C20H36O2/c1-7-15-13-17-18(3,4)11-8-12-19(17,5)16(20(15,6)22)10-9-14(2)21/h7,14-17,21-22H,1,8-13H2,2-6H3. The minimum Gasteiger partial charge on any atom is -0.393 e. The second-order valence-corrected chi connectivity index (χ2v) is 9.18. The lowest BCUT2D eigenvalue weighted by atomic mass is 9.43. The van der Waals surface area contributed by atoms with Gasteiger partial charge in [0.15, 0.2) is 0 Å². The average Bonchev–Trinajstić information content (AvgIpc) is 2.35. The summed E-state index contributed by atoms with van der Waals surface area (Å²) in [6, 6.07) is 0. The lowest BCUT2D eigenvalue weighted by Gasteiger charge is -2.63. The van der Waals surface area contributed by atoms with Gasteiger partial charge >= 0.3 is 0 Å². The lowest BCUT2D eigenvalue weighted by molar-refractivity contribution is -0.190. The summed E-state index contributed by atoms with van der Waals surface area (Å²) in [7, 11) is 0. The maximum Gasteiger partial charge on any atom is 0.0715 e. The third kappa shape index (κ3) is 2.89. The smallest absolute Gasteiger partial charge is 0.0715 e. The van der Waals surface area contributed by atoms with Crippen LogP contribution in [0.5, 0.6) is 0 Å². The molecule has 2 rings (SSSR count). The maximum atomic E-state index is 11.3. The van der Waals surface area contributed by atoms with Crippen LogP contribution in [0.4, 0.5) is 0 Å². The molecule has 0 aromatic rings. The van der Waals surface area contributed by atoms with Crippen molar-refractivity contribution in [1.29, 1.82) is 0 Å². The first-order valence-corrected chi connectivity index (χ1v) is 9.08. The minimum absolute atomic E-state index is 0.155. The first-order chi connectivity index (χ1) is 10.1. The van der Waals surface area contributed by atoms with Crippen LogP contribution in [-0.2, 0) is 0 Å². The van der Waals surface area contributed by atoms with Crippen molar-refractivity contribution in [1.82, 2.24) is 0 Å². The van der Waals surface area contributed by atoms with Crippen LogP contribution in [0.25, 0.3) is 0 Å². The van der Waals surface area contributed by atoms with E-state index in [0.29, 0.717) is 11.3 Å². The Morgan fingerprint density at radius 2 is 1.86 bits per heavy atom. The molecule has 6 unspecified atom stereocenters. The van der Waals surface area contributed by atoms with Gasteiger partial charge in [0, 0.05) is 5.92 Å². The predicted molar refractivity (Wildman–Crippen MR) is 92.6 cm³/mol. The second-order valence-electron chi connectivity index (χ2n) is 9.18. The van der Waals surface area contributed by atoms with E-state index in [1.165, 1.54) is 19.3 Å². The Morgan fingerprint density at radius 1 is 1.23 bits per heavy atom. The summed E-state index contributed by atoms with van der Waals surface area (Å²) in [5.74, 6) is 1.01. The molecular formula is C20H36O2. The highest BCUT2D eigenvalue weighted by molar-refractivity contribution is 5.13. The highest BCUT2D eigenvalue weighted by atomic mass is 16.3. The molecule has 0 aliphatic heterocycles. The van der Waals surface area contributed by atoms with E-state index in [1.54, 1.807) is 0 Å². The van der Waals surface area contributed by atoms with Crippen molar-refractivity contribution in [3.63, 3.8) is 0 Å². The Bertz CT molecular complexity index is 410. The van der Waals surface area contributed by atoms with Crippen LogP contribution in [0.3, 0.4) is 0 Å². The second kappa shape index (κ2) is 5.94. The molecule has 2 heteroatoms. The number of fused-ring (bicyclic) bond motifs is 1. The Labute approximate surface area is 137 Å². The number of aliphatic hydroxyl groups excluding tert-OH is 1. The largest absolute Gasteiger partial charge is 0.393 e. The van der Waals surface area contributed by atoms with Crippen molar-refractivity contribution in [2.75, 3.05) is 0 Å². The van der Waals surface area contributed by atoms with Gasteiger partial charge in [-0.1, -0.05) is 33.3 Å². The third-order valence-corrected chi connectivity index (χ3v) is 7.18. The monoisotopic (exact) mass is 308 g/mol. The molecular weight excluding hydrogens is 272 g/mol. The van der Waals surface area contributed by atoms with Crippen LogP contribution in [0, 0.1) is 28.6 Å². The summed E-state index contributed by atoms with van der Waals surface area (Å²) in [5, 5.41) is 21.1. The van der Waals surface area contributed by atoms with Gasteiger partial charge in [0.05, 0.1) is 11.7 Å². The molecule has 2 aliphatic rings. The Balaban J connectivity index is 2.40. The minimum atomic E-state index is -0.713. The van der Waals surface area contributed by atoms with E-state index >= 15 is 0 Å². The molecule has 0 spiro atoms.